The van der Waals surface area contributed by atoms with E-state index in [-0.39, 0.29) is 36.4 Å². The normalized spacial score (nSPS) is 17.0. The SMILES string of the molecule is Cc1cccc(-c2ccccc2)c1N1C2=CC3Sc4cc(N(c5ccc(-c6ccccc6)cc5)c5cccc(-c6ccccc6)c5)cc5c4B(c4ccccc4O5)C3C=C2B2c3ccccc3N(c3ccccc3)C3=CC(N(c4ccc(-c5ccccc5)cc4)c4cccc(-c5ccccc5)c4)=CC1C23. The van der Waals surface area contributed by atoms with Gasteiger partial charge in [-0.25, -0.2) is 0 Å². The average Bonchev–Trinajstić information content (AvgIpc) is 0.688. The van der Waals surface area contributed by atoms with Crippen LogP contribution in [-0.4, -0.2) is 24.7 Å². The van der Waals surface area contributed by atoms with Gasteiger partial charge in [-0.3, -0.25) is 0 Å². The molecule has 4 unspecified atom stereocenters. The predicted molar refractivity (Wildman–Crippen MR) is 442 cm³/mol. The lowest BCUT2D eigenvalue weighted by molar-refractivity contribution is 0.485. The first kappa shape index (κ1) is 62.3. The van der Waals surface area contributed by atoms with E-state index in [4.69, 9.17) is 4.74 Å². The summed E-state index contributed by atoms with van der Waals surface area (Å²) in [5.74, 6) is 1.79. The molecule has 0 N–H and O–H groups in total. The molecule has 5 nitrogen and oxygen atoms in total. The van der Waals surface area contributed by atoms with E-state index in [9.17, 15) is 0 Å². The summed E-state index contributed by atoms with van der Waals surface area (Å²) in [4.78, 5) is 11.6. The number of nitrogens with zero attached hydrogens (tertiary/aromatic N) is 4. The van der Waals surface area contributed by atoms with E-state index >= 15 is 0 Å². The van der Waals surface area contributed by atoms with E-state index in [0.717, 1.165) is 62.4 Å². The molecule has 0 radical (unpaired) electrons. The molecule has 6 aliphatic rings. The fourth-order valence-electron chi connectivity index (χ4n) is 17.6. The molecule has 0 amide bonds. The Balaban J connectivity index is 0.821. The van der Waals surface area contributed by atoms with Crippen molar-refractivity contribution < 1.29 is 4.74 Å². The first-order valence-corrected chi connectivity index (χ1v) is 37.5. The molecule has 14 aromatic carbocycles. The second-order valence-electron chi connectivity index (χ2n) is 28.2. The van der Waals surface area contributed by atoms with Crippen LogP contribution >= 0.6 is 11.8 Å². The highest BCUT2D eigenvalue weighted by Gasteiger charge is 2.57. The van der Waals surface area contributed by atoms with E-state index < -0.39 is 0 Å². The molecule has 14 aromatic rings. The Labute approximate surface area is 619 Å². The van der Waals surface area contributed by atoms with Crippen LogP contribution in [0.15, 0.2) is 410 Å². The van der Waals surface area contributed by atoms with Crippen LogP contribution in [0.4, 0.5) is 45.5 Å². The molecule has 0 spiro atoms. The van der Waals surface area contributed by atoms with Crippen LogP contribution in [-0.2, 0) is 0 Å². The lowest BCUT2D eigenvalue weighted by Crippen LogP contribution is -2.62. The van der Waals surface area contributed by atoms with Gasteiger partial charge in [-0.05, 0) is 182 Å². The van der Waals surface area contributed by atoms with Crippen LogP contribution in [0.1, 0.15) is 5.56 Å². The topological polar surface area (TPSA) is 22.2 Å². The summed E-state index contributed by atoms with van der Waals surface area (Å²) in [7, 11) is 0. The Morgan fingerprint density at radius 3 is 1.50 bits per heavy atom. The van der Waals surface area contributed by atoms with Gasteiger partial charge in [0.2, 0.25) is 13.4 Å². The van der Waals surface area contributed by atoms with Crippen LogP contribution < -0.4 is 40.7 Å². The predicted octanol–water partition coefficient (Wildman–Crippen LogP) is 23.2. The van der Waals surface area contributed by atoms with Crippen molar-refractivity contribution in [2.24, 2.45) is 0 Å². The van der Waals surface area contributed by atoms with Crippen molar-refractivity contribution >= 4 is 87.1 Å². The highest BCUT2D eigenvalue weighted by atomic mass is 32.2. The lowest BCUT2D eigenvalue weighted by Gasteiger charge is -2.56. The van der Waals surface area contributed by atoms with E-state index in [2.05, 4.69) is 409 Å². The minimum Gasteiger partial charge on any atom is -0.458 e. The summed E-state index contributed by atoms with van der Waals surface area (Å²) in [5.41, 5.74) is 30.6. The van der Waals surface area contributed by atoms with Crippen LogP contribution in [0.3, 0.4) is 0 Å². The smallest absolute Gasteiger partial charge is 0.228 e. The van der Waals surface area contributed by atoms with Crippen molar-refractivity contribution in [2.75, 3.05) is 19.6 Å². The molecule has 0 saturated carbocycles. The van der Waals surface area contributed by atoms with Gasteiger partial charge in [0.15, 0.2) is 0 Å². The van der Waals surface area contributed by atoms with Crippen molar-refractivity contribution in [2.45, 2.75) is 34.7 Å². The number of anilines is 8. The summed E-state index contributed by atoms with van der Waals surface area (Å²) >= 11 is 2.00. The number of hydrogen-bond donors (Lipinski definition) is 0. The highest BCUT2D eigenvalue weighted by Crippen LogP contribution is 2.59. The van der Waals surface area contributed by atoms with Gasteiger partial charge in [-0.15, -0.1) is 11.8 Å². The maximum absolute atomic E-state index is 7.36. The molecule has 0 aromatic heterocycles. The third kappa shape index (κ3) is 10.9. The summed E-state index contributed by atoms with van der Waals surface area (Å²) < 4.78 is 7.36. The second-order valence-corrected chi connectivity index (χ2v) is 29.4. The van der Waals surface area contributed by atoms with Crippen LogP contribution in [0, 0.1) is 6.92 Å². The monoisotopic (exact) mass is 1360 g/mol. The summed E-state index contributed by atoms with van der Waals surface area (Å²) in [5, 5.41) is 0.000762. The van der Waals surface area contributed by atoms with Gasteiger partial charge in [0.05, 0.1) is 17.4 Å². The molecule has 20 rings (SSSR count). The van der Waals surface area contributed by atoms with Gasteiger partial charge in [-0.2, -0.15) is 0 Å². The number of aryl methyl sites for hydroxylation is 1. The van der Waals surface area contributed by atoms with Crippen molar-refractivity contribution in [1.82, 2.24) is 0 Å². The van der Waals surface area contributed by atoms with E-state index in [1.54, 1.807) is 0 Å². The molecule has 4 aliphatic heterocycles. The lowest BCUT2D eigenvalue weighted by atomic mass is 9.25. The first-order valence-electron chi connectivity index (χ1n) is 36.6. The minimum absolute atomic E-state index is 0.000762. The van der Waals surface area contributed by atoms with E-state index in [0.29, 0.717) is 0 Å². The standard InChI is InChI=1S/C97H70B2N4OS/c1-65-27-24-44-82(72-36-16-6-17-37-72)97(65)103-88-64-93-86(99-84-46-21-23-48-91(84)104-92-61-81(62-94(105-93)96(92)99)101(77-55-51-71(52-56-77)67-30-10-3-11-31-67)79-43-26-39-74(58-79)69-34-14-5-15-35-69)63-85(88)98-83-45-20-22-47-87(83)102(75-40-18-7-19-41-75)89-59-80(60-90(103)95(89)98)100(76-53-49-70(50-54-76)66-28-8-2-9-29-66)78-42-25-38-73(57-78)68-32-12-4-13-33-68/h2-64,86,90,93,95H,1H3. The molecule has 105 heavy (non-hydrogen) atoms. The van der Waals surface area contributed by atoms with Crippen LogP contribution in [0.5, 0.6) is 11.5 Å². The van der Waals surface area contributed by atoms with Crippen molar-refractivity contribution in [1.29, 1.82) is 0 Å². The number of ether oxygens (including phenoxy) is 1. The number of allylic oxidation sites excluding steroid dienone is 3. The Hall–Kier alpha value is -12.5. The molecule has 4 atom stereocenters. The maximum atomic E-state index is 7.36. The van der Waals surface area contributed by atoms with Gasteiger partial charge < -0.3 is 24.3 Å². The second kappa shape index (κ2) is 26.1. The van der Waals surface area contributed by atoms with Crippen LogP contribution in [0.25, 0.3) is 55.6 Å². The minimum atomic E-state index is -0.215. The molecule has 8 heteroatoms. The third-order valence-electron chi connectivity index (χ3n) is 22.2. The van der Waals surface area contributed by atoms with Crippen LogP contribution in [0.2, 0.25) is 11.6 Å². The number of thioether (sulfide) groups is 1. The summed E-state index contributed by atoms with van der Waals surface area (Å²) in [6.07, 6.45) is 10.7. The molecule has 1 fully saturated rings. The van der Waals surface area contributed by atoms with E-state index in [1.165, 1.54) is 99.6 Å². The zero-order valence-corrected chi connectivity index (χ0v) is 58.8. The zero-order valence-electron chi connectivity index (χ0n) is 57.9. The van der Waals surface area contributed by atoms with Gasteiger partial charge >= 0.3 is 0 Å². The molecular formula is C97H70B2N4OS. The number of rotatable bonds is 13. The van der Waals surface area contributed by atoms with Crippen molar-refractivity contribution in [3.05, 3.63) is 410 Å². The molecular weight excluding hydrogens is 1290 g/mol. The third-order valence-corrected chi connectivity index (χ3v) is 23.6. The molecule has 496 valence electrons. The zero-order chi connectivity index (χ0) is 69.5. The van der Waals surface area contributed by atoms with E-state index in [1.807, 2.05) is 11.8 Å². The summed E-state index contributed by atoms with van der Waals surface area (Å²) in [6.45, 7) is 2.27. The van der Waals surface area contributed by atoms with Gasteiger partial charge in [0, 0.05) is 78.8 Å². The largest absolute Gasteiger partial charge is 0.458 e. The van der Waals surface area contributed by atoms with Gasteiger partial charge in [0.25, 0.3) is 0 Å². The molecule has 0 bridgehead atoms. The Kier molecular flexibility index (Phi) is 15.5. The van der Waals surface area contributed by atoms with Crippen molar-refractivity contribution in [3.63, 3.8) is 0 Å². The van der Waals surface area contributed by atoms with Crippen molar-refractivity contribution in [3.8, 4) is 67.1 Å². The molecule has 1 saturated heterocycles. The molecule has 4 heterocycles. The molecule has 2 aliphatic carbocycles. The number of hydrogen-bond acceptors (Lipinski definition) is 6. The van der Waals surface area contributed by atoms with Gasteiger partial charge in [0.1, 0.15) is 11.5 Å². The maximum Gasteiger partial charge on any atom is 0.228 e. The average molecular weight is 1360 g/mol. The fourth-order valence-corrected chi connectivity index (χ4v) is 19.1. The van der Waals surface area contributed by atoms with Gasteiger partial charge in [-0.1, -0.05) is 285 Å². The number of benzene rings is 14. The number of para-hydroxylation sites is 4. The summed E-state index contributed by atoms with van der Waals surface area (Å²) in [6, 6.07) is 131. The quantitative estimate of drug-likeness (QED) is 0.107. The Morgan fingerprint density at radius 1 is 0.381 bits per heavy atom. The first-order chi connectivity index (χ1) is 52.0. The highest BCUT2D eigenvalue weighted by molar-refractivity contribution is 8.00. The number of fused-ring (bicyclic) bond motifs is 8. The fraction of sp³-hybridized carbons (Fsp3) is 0.0515. The Morgan fingerprint density at radius 2 is 0.886 bits per heavy atom. The Bertz CT molecular complexity index is 5790.